The van der Waals surface area contributed by atoms with Gasteiger partial charge in [-0.3, -0.25) is 19.4 Å². The maximum atomic E-state index is 12.8. The average molecular weight is 408 g/mol. The number of likely N-dealkylation sites (N-methyl/N-ethyl adjacent to an activating group) is 1. The van der Waals surface area contributed by atoms with Gasteiger partial charge in [0.15, 0.2) is 0 Å². The number of imide groups is 2. The summed E-state index contributed by atoms with van der Waals surface area (Å²) in [7, 11) is 1.78. The second kappa shape index (κ2) is 8.92. The van der Waals surface area contributed by atoms with E-state index in [2.05, 4.69) is 0 Å². The van der Waals surface area contributed by atoms with Gasteiger partial charge in [0, 0.05) is 17.6 Å². The van der Waals surface area contributed by atoms with Gasteiger partial charge < -0.3 is 4.74 Å². The van der Waals surface area contributed by atoms with Crippen LogP contribution in [0.4, 0.5) is 4.79 Å². The minimum absolute atomic E-state index is 0.0605. The first kappa shape index (κ1) is 20.6. The molecule has 2 aliphatic rings. The van der Waals surface area contributed by atoms with Gasteiger partial charge in [-0.25, -0.2) is 9.69 Å². The molecule has 28 heavy (non-hydrogen) atoms. The predicted molar refractivity (Wildman–Crippen MR) is 105 cm³/mol. The van der Waals surface area contributed by atoms with Crippen LogP contribution in [0.15, 0.2) is 24.3 Å². The smallest absolute Gasteiger partial charge is 0.335 e. The third kappa shape index (κ3) is 4.47. The third-order valence-corrected chi connectivity index (χ3v) is 5.67. The van der Waals surface area contributed by atoms with Gasteiger partial charge in [0.25, 0.3) is 0 Å². The number of hydrogen-bond donors (Lipinski definition) is 0. The number of benzene rings is 1. The Balaban J connectivity index is 1.54. The molecule has 0 bridgehead atoms. The molecular weight excluding hydrogens is 382 g/mol. The van der Waals surface area contributed by atoms with Crippen LogP contribution in [0.5, 0.6) is 5.75 Å². The fourth-order valence-electron chi connectivity index (χ4n) is 3.78. The van der Waals surface area contributed by atoms with E-state index in [0.29, 0.717) is 23.9 Å². The van der Waals surface area contributed by atoms with E-state index in [4.69, 9.17) is 16.3 Å². The lowest BCUT2D eigenvalue weighted by Gasteiger charge is -2.34. The minimum Gasteiger partial charge on any atom is -0.492 e. The topological polar surface area (TPSA) is 70.2 Å². The molecule has 1 aliphatic carbocycles. The fraction of sp³-hybridized carbons (Fsp3) is 0.550. The molecule has 1 aromatic carbocycles. The van der Waals surface area contributed by atoms with Crippen LogP contribution in [-0.4, -0.2) is 65.5 Å². The molecule has 152 valence electrons. The molecule has 0 N–H and O–H groups in total. The molecular formula is C20H26ClN3O4. The molecule has 8 heteroatoms. The zero-order valence-corrected chi connectivity index (χ0v) is 17.0. The van der Waals surface area contributed by atoms with Crippen LogP contribution >= 0.6 is 11.6 Å². The lowest BCUT2D eigenvalue weighted by molar-refractivity contribution is -0.145. The van der Waals surface area contributed by atoms with E-state index in [1.54, 1.807) is 36.2 Å². The van der Waals surface area contributed by atoms with Crippen molar-refractivity contribution in [2.75, 3.05) is 26.9 Å². The van der Waals surface area contributed by atoms with Crippen molar-refractivity contribution in [2.24, 2.45) is 5.92 Å². The molecule has 1 saturated heterocycles. The van der Waals surface area contributed by atoms with Crippen LogP contribution in [0.25, 0.3) is 0 Å². The number of nitrogens with zero attached hydrogens (tertiary/aromatic N) is 3. The summed E-state index contributed by atoms with van der Waals surface area (Å²) < 4.78 is 5.64. The second-order valence-corrected chi connectivity index (χ2v) is 7.98. The van der Waals surface area contributed by atoms with Gasteiger partial charge in [0.2, 0.25) is 0 Å². The number of ether oxygens (including phenoxy) is 1. The molecule has 2 atom stereocenters. The molecule has 3 rings (SSSR count). The summed E-state index contributed by atoms with van der Waals surface area (Å²) in [5.41, 5.74) is 0. The third-order valence-electron chi connectivity index (χ3n) is 5.42. The van der Waals surface area contributed by atoms with Crippen molar-refractivity contribution in [2.45, 2.75) is 38.6 Å². The van der Waals surface area contributed by atoms with Crippen LogP contribution < -0.4 is 4.74 Å². The summed E-state index contributed by atoms with van der Waals surface area (Å²) in [6.07, 6.45) is 3.81. The maximum Gasteiger partial charge on any atom is 0.335 e. The van der Waals surface area contributed by atoms with Crippen LogP contribution in [0, 0.1) is 5.92 Å². The molecule has 1 aliphatic heterocycles. The Hall–Kier alpha value is -2.12. The highest BCUT2D eigenvalue weighted by Crippen LogP contribution is 2.31. The van der Waals surface area contributed by atoms with E-state index >= 15 is 0 Å². The highest BCUT2D eigenvalue weighted by molar-refractivity contribution is 6.44. The Morgan fingerprint density at radius 2 is 1.79 bits per heavy atom. The summed E-state index contributed by atoms with van der Waals surface area (Å²) in [6.45, 7) is 2.97. The first-order chi connectivity index (χ1) is 13.4. The quantitative estimate of drug-likeness (QED) is 0.513. The van der Waals surface area contributed by atoms with Crippen LogP contribution in [0.2, 0.25) is 5.02 Å². The number of carbonyl (C=O) groups is 3. The summed E-state index contributed by atoms with van der Waals surface area (Å²) in [4.78, 5) is 41.6. The molecule has 0 spiro atoms. The zero-order valence-electron chi connectivity index (χ0n) is 16.3. The molecule has 0 radical (unpaired) electrons. The average Bonchev–Trinajstić information content (AvgIpc) is 2.87. The van der Waals surface area contributed by atoms with Crippen LogP contribution in [-0.2, 0) is 9.59 Å². The molecule has 0 unspecified atom stereocenters. The van der Waals surface area contributed by atoms with E-state index in [1.165, 1.54) is 4.90 Å². The lowest BCUT2D eigenvalue weighted by Crippen LogP contribution is -2.47. The number of halogens is 1. The number of hydrogen-bond acceptors (Lipinski definition) is 5. The van der Waals surface area contributed by atoms with Gasteiger partial charge in [-0.15, -0.1) is 0 Å². The van der Waals surface area contributed by atoms with E-state index in [9.17, 15) is 14.4 Å². The number of carbonyl (C=O) groups excluding carboxylic acids is 3. The van der Waals surface area contributed by atoms with Gasteiger partial charge in [0.05, 0.1) is 6.67 Å². The molecule has 4 amide bonds. The monoisotopic (exact) mass is 407 g/mol. The van der Waals surface area contributed by atoms with Gasteiger partial charge in [-0.1, -0.05) is 31.4 Å². The van der Waals surface area contributed by atoms with Crippen molar-refractivity contribution in [3.8, 4) is 5.75 Å². The summed E-state index contributed by atoms with van der Waals surface area (Å²) in [5.74, 6) is -0.526. The standard InChI is InChI=1S/C20H26ClN3O4/c1-14-5-3-4-6-17(14)24-19(26)18(25)23(20(24)27)13-22(2)11-12-28-16-9-7-15(21)8-10-16/h7-10,14,17H,3-6,11-13H2,1-2H3/t14-,17+/m0/s1. The van der Waals surface area contributed by atoms with Gasteiger partial charge >= 0.3 is 17.8 Å². The second-order valence-electron chi connectivity index (χ2n) is 7.54. The number of urea groups is 1. The molecule has 1 saturated carbocycles. The first-order valence-electron chi connectivity index (χ1n) is 9.64. The first-order valence-corrected chi connectivity index (χ1v) is 10.0. The largest absolute Gasteiger partial charge is 0.492 e. The van der Waals surface area contributed by atoms with Gasteiger partial charge in [0.1, 0.15) is 12.4 Å². The van der Waals surface area contributed by atoms with Crippen LogP contribution in [0.1, 0.15) is 32.6 Å². The maximum absolute atomic E-state index is 12.8. The van der Waals surface area contributed by atoms with Crippen molar-refractivity contribution in [1.29, 1.82) is 0 Å². The van der Waals surface area contributed by atoms with Gasteiger partial charge in [-0.05, 0) is 50.1 Å². The molecule has 0 aromatic heterocycles. The predicted octanol–water partition coefficient (Wildman–Crippen LogP) is 2.98. The summed E-state index contributed by atoms with van der Waals surface area (Å²) in [5, 5.41) is 0.636. The Morgan fingerprint density at radius 1 is 1.11 bits per heavy atom. The lowest BCUT2D eigenvalue weighted by atomic mass is 9.85. The SMILES string of the molecule is C[C@H]1CCCC[C@H]1N1C(=O)C(=O)N(CN(C)CCOc2ccc(Cl)cc2)C1=O. The van der Waals surface area contributed by atoms with E-state index in [1.807, 2.05) is 6.92 Å². The van der Waals surface area contributed by atoms with E-state index in [-0.39, 0.29) is 18.6 Å². The highest BCUT2D eigenvalue weighted by Gasteiger charge is 2.49. The fourth-order valence-corrected chi connectivity index (χ4v) is 3.91. The Kier molecular flexibility index (Phi) is 6.57. The Labute approximate surface area is 170 Å². The van der Waals surface area contributed by atoms with Crippen LogP contribution in [0.3, 0.4) is 0 Å². The zero-order chi connectivity index (χ0) is 20.3. The molecule has 7 nitrogen and oxygen atoms in total. The Bertz CT molecular complexity index is 739. The van der Waals surface area contributed by atoms with Crippen molar-refractivity contribution < 1.29 is 19.1 Å². The molecule has 1 heterocycles. The van der Waals surface area contributed by atoms with Crippen molar-refractivity contribution in [3.63, 3.8) is 0 Å². The van der Waals surface area contributed by atoms with Gasteiger partial charge in [-0.2, -0.15) is 0 Å². The number of amides is 4. The summed E-state index contributed by atoms with van der Waals surface area (Å²) >= 11 is 5.84. The normalized spacial score (nSPS) is 23.1. The molecule has 1 aromatic rings. The van der Waals surface area contributed by atoms with E-state index < -0.39 is 17.8 Å². The highest BCUT2D eigenvalue weighted by atomic mass is 35.5. The Morgan fingerprint density at radius 3 is 2.46 bits per heavy atom. The van der Waals surface area contributed by atoms with E-state index in [0.717, 1.165) is 30.6 Å². The van der Waals surface area contributed by atoms with Crippen molar-refractivity contribution >= 4 is 29.4 Å². The molecule has 2 fully saturated rings. The van der Waals surface area contributed by atoms with Crippen molar-refractivity contribution in [1.82, 2.24) is 14.7 Å². The van der Waals surface area contributed by atoms with Crippen molar-refractivity contribution in [3.05, 3.63) is 29.3 Å². The minimum atomic E-state index is -0.742. The number of rotatable bonds is 7. The summed E-state index contributed by atoms with van der Waals surface area (Å²) in [6, 6.07) is 6.36.